The number of benzene rings is 3. The Labute approximate surface area is 197 Å². The topological polar surface area (TPSA) is 96.3 Å². The number of Topliss-reactive ketones (excluding diaryl/α,β-unsaturated/α-hetero) is 1. The van der Waals surface area contributed by atoms with E-state index >= 15 is 0 Å². The summed E-state index contributed by atoms with van der Waals surface area (Å²) in [5, 5.41) is 21.2. The fraction of sp³-hybridized carbons (Fsp3) is 0.185. The molecule has 1 aliphatic rings. The van der Waals surface area contributed by atoms with Crippen molar-refractivity contribution in [2.45, 2.75) is 19.4 Å². The number of carbonyl (C=O) groups is 2. The number of methoxy groups -OCH3 is 2. The van der Waals surface area contributed by atoms with Crippen molar-refractivity contribution in [3.63, 3.8) is 0 Å². The molecule has 1 aliphatic heterocycles. The number of phenolic OH excluding ortho intramolecular Hbond substituents is 1. The summed E-state index contributed by atoms with van der Waals surface area (Å²) in [6.07, 6.45) is 0.827. The van der Waals surface area contributed by atoms with Crippen LogP contribution in [0.2, 0.25) is 0 Å². The minimum atomic E-state index is -0.928. The molecule has 0 saturated carbocycles. The van der Waals surface area contributed by atoms with Gasteiger partial charge in [-0.15, -0.1) is 0 Å². The number of nitrogens with zero attached hydrogens (tertiary/aromatic N) is 1. The van der Waals surface area contributed by atoms with Crippen LogP contribution < -0.4 is 14.4 Å². The highest BCUT2D eigenvalue weighted by Gasteiger charge is 2.47. The van der Waals surface area contributed by atoms with Crippen LogP contribution in [0.15, 0.2) is 72.3 Å². The number of aryl methyl sites for hydroxylation is 1. The van der Waals surface area contributed by atoms with Gasteiger partial charge < -0.3 is 19.7 Å². The molecule has 1 fully saturated rings. The molecule has 174 valence electrons. The Morgan fingerprint density at radius 1 is 0.912 bits per heavy atom. The molecule has 1 unspecified atom stereocenters. The molecule has 2 N–H and O–H groups in total. The number of anilines is 1. The molecule has 0 aliphatic carbocycles. The quantitative estimate of drug-likeness (QED) is 0.318. The number of hydrogen-bond acceptors (Lipinski definition) is 6. The van der Waals surface area contributed by atoms with E-state index in [0.29, 0.717) is 22.7 Å². The Bertz CT molecular complexity index is 1240. The van der Waals surface area contributed by atoms with Crippen LogP contribution in [0.25, 0.3) is 5.76 Å². The number of hydrogen-bond donors (Lipinski definition) is 2. The molecule has 1 amide bonds. The Kier molecular flexibility index (Phi) is 6.27. The van der Waals surface area contributed by atoms with E-state index in [1.807, 2.05) is 19.1 Å². The summed E-state index contributed by atoms with van der Waals surface area (Å²) >= 11 is 0. The highest BCUT2D eigenvalue weighted by molar-refractivity contribution is 6.51. The fourth-order valence-corrected chi connectivity index (χ4v) is 4.18. The standard InChI is InChI=1S/C27H25NO6/c1-4-16-8-12-18(13-9-16)28-24(17-10-14-19(29)15-11-17)23(26(31)27(28)32)25(30)22-20(33-2)6-5-7-21(22)34-3/h5-15,24,29-30H,4H2,1-3H3/b25-23+. The van der Waals surface area contributed by atoms with Crippen molar-refractivity contribution in [2.24, 2.45) is 0 Å². The maximum atomic E-state index is 13.3. The van der Waals surface area contributed by atoms with Gasteiger partial charge in [0.2, 0.25) is 0 Å². The third kappa shape index (κ3) is 3.85. The Morgan fingerprint density at radius 3 is 2.03 bits per heavy atom. The molecule has 1 heterocycles. The molecule has 0 aromatic heterocycles. The van der Waals surface area contributed by atoms with Crippen LogP contribution in [0.1, 0.15) is 29.7 Å². The molecule has 0 bridgehead atoms. The maximum absolute atomic E-state index is 13.3. The summed E-state index contributed by atoms with van der Waals surface area (Å²) in [5.74, 6) is -1.38. The van der Waals surface area contributed by atoms with E-state index in [2.05, 4.69) is 0 Å². The van der Waals surface area contributed by atoms with Gasteiger partial charge in [0, 0.05) is 5.69 Å². The van der Waals surface area contributed by atoms with Gasteiger partial charge in [-0.05, 0) is 53.9 Å². The molecule has 0 radical (unpaired) electrons. The van der Waals surface area contributed by atoms with E-state index in [0.717, 1.165) is 12.0 Å². The van der Waals surface area contributed by atoms with E-state index < -0.39 is 23.5 Å². The Hall–Kier alpha value is -4.26. The first-order chi connectivity index (χ1) is 16.4. The summed E-state index contributed by atoms with van der Waals surface area (Å²) < 4.78 is 10.8. The molecule has 3 aromatic carbocycles. The average molecular weight is 459 g/mol. The van der Waals surface area contributed by atoms with E-state index in [9.17, 15) is 19.8 Å². The molecule has 1 saturated heterocycles. The van der Waals surface area contributed by atoms with E-state index in [4.69, 9.17) is 9.47 Å². The number of rotatable bonds is 6. The van der Waals surface area contributed by atoms with Gasteiger partial charge in [0.15, 0.2) is 0 Å². The van der Waals surface area contributed by atoms with Gasteiger partial charge in [-0.3, -0.25) is 14.5 Å². The SMILES string of the molecule is CCc1ccc(N2C(=O)C(=O)/C(=C(/O)c3c(OC)cccc3OC)C2c2ccc(O)cc2)cc1. The second kappa shape index (κ2) is 9.31. The zero-order valence-corrected chi connectivity index (χ0v) is 19.1. The highest BCUT2D eigenvalue weighted by atomic mass is 16.5. The van der Waals surface area contributed by atoms with Crippen LogP contribution in [-0.2, 0) is 16.0 Å². The number of aromatic hydroxyl groups is 1. The number of aliphatic hydroxyl groups excluding tert-OH is 1. The number of ether oxygens (including phenoxy) is 2. The molecule has 0 spiro atoms. The lowest BCUT2D eigenvalue weighted by atomic mass is 9.94. The smallest absolute Gasteiger partial charge is 0.300 e. The van der Waals surface area contributed by atoms with E-state index in [1.165, 1.54) is 31.3 Å². The largest absolute Gasteiger partial charge is 0.508 e. The highest BCUT2D eigenvalue weighted by Crippen LogP contribution is 2.45. The molecular weight excluding hydrogens is 434 g/mol. The summed E-state index contributed by atoms with van der Waals surface area (Å²) in [4.78, 5) is 28.0. The first-order valence-electron chi connectivity index (χ1n) is 10.8. The zero-order valence-electron chi connectivity index (χ0n) is 19.1. The zero-order chi connectivity index (χ0) is 24.4. The molecule has 34 heavy (non-hydrogen) atoms. The Morgan fingerprint density at radius 2 is 1.50 bits per heavy atom. The van der Waals surface area contributed by atoms with Crippen LogP contribution in [0, 0.1) is 0 Å². The molecule has 4 rings (SSSR count). The maximum Gasteiger partial charge on any atom is 0.300 e. The number of amides is 1. The molecular formula is C27H25NO6. The van der Waals surface area contributed by atoms with Gasteiger partial charge in [-0.1, -0.05) is 37.3 Å². The fourth-order valence-electron chi connectivity index (χ4n) is 4.18. The minimum Gasteiger partial charge on any atom is -0.508 e. The van der Waals surface area contributed by atoms with E-state index in [1.54, 1.807) is 42.5 Å². The van der Waals surface area contributed by atoms with Crippen molar-refractivity contribution in [3.8, 4) is 17.2 Å². The van der Waals surface area contributed by atoms with Gasteiger partial charge in [0.05, 0.1) is 25.8 Å². The normalized spacial score (nSPS) is 17.1. The lowest BCUT2D eigenvalue weighted by Gasteiger charge is -2.26. The lowest BCUT2D eigenvalue weighted by molar-refractivity contribution is -0.132. The third-order valence-electron chi connectivity index (χ3n) is 5.94. The number of phenols is 1. The third-order valence-corrected chi connectivity index (χ3v) is 5.94. The van der Waals surface area contributed by atoms with Crippen molar-refractivity contribution in [1.82, 2.24) is 0 Å². The van der Waals surface area contributed by atoms with Crippen molar-refractivity contribution >= 4 is 23.1 Å². The number of aliphatic hydroxyl groups is 1. The summed E-state index contributed by atoms with van der Waals surface area (Å²) in [6, 6.07) is 17.6. The van der Waals surface area contributed by atoms with Gasteiger partial charge in [0.25, 0.3) is 11.7 Å². The van der Waals surface area contributed by atoms with Crippen molar-refractivity contribution < 1.29 is 29.3 Å². The second-order valence-corrected chi connectivity index (χ2v) is 7.82. The number of ketones is 1. The lowest BCUT2D eigenvalue weighted by Crippen LogP contribution is -2.29. The van der Waals surface area contributed by atoms with Gasteiger partial charge in [-0.2, -0.15) is 0 Å². The van der Waals surface area contributed by atoms with Crippen molar-refractivity contribution in [1.29, 1.82) is 0 Å². The van der Waals surface area contributed by atoms with Crippen LogP contribution in [0.3, 0.4) is 0 Å². The summed E-state index contributed by atoms with van der Waals surface area (Å²) in [6.45, 7) is 2.03. The predicted molar refractivity (Wildman–Crippen MR) is 128 cm³/mol. The van der Waals surface area contributed by atoms with Gasteiger partial charge in [0.1, 0.15) is 28.6 Å². The van der Waals surface area contributed by atoms with Crippen molar-refractivity contribution in [3.05, 3.63) is 89.0 Å². The first kappa shape index (κ1) is 22.9. The van der Waals surface area contributed by atoms with Gasteiger partial charge in [-0.25, -0.2) is 0 Å². The number of carbonyl (C=O) groups excluding carboxylic acids is 2. The molecule has 7 nitrogen and oxygen atoms in total. The van der Waals surface area contributed by atoms with Crippen LogP contribution >= 0.6 is 0 Å². The molecule has 3 aromatic rings. The monoisotopic (exact) mass is 459 g/mol. The van der Waals surface area contributed by atoms with Crippen LogP contribution in [0.4, 0.5) is 5.69 Å². The molecule has 7 heteroatoms. The van der Waals surface area contributed by atoms with E-state index in [-0.39, 0.29) is 16.9 Å². The van der Waals surface area contributed by atoms with Crippen molar-refractivity contribution in [2.75, 3.05) is 19.1 Å². The second-order valence-electron chi connectivity index (χ2n) is 7.82. The summed E-state index contributed by atoms with van der Waals surface area (Å²) in [7, 11) is 2.88. The average Bonchev–Trinajstić information content (AvgIpc) is 3.13. The van der Waals surface area contributed by atoms with Crippen LogP contribution in [-0.4, -0.2) is 36.1 Å². The summed E-state index contributed by atoms with van der Waals surface area (Å²) in [5.41, 5.74) is 2.23. The van der Waals surface area contributed by atoms with Crippen LogP contribution in [0.5, 0.6) is 17.2 Å². The first-order valence-corrected chi connectivity index (χ1v) is 10.8. The minimum absolute atomic E-state index is 0.0411. The predicted octanol–water partition coefficient (Wildman–Crippen LogP) is 4.60. The molecule has 1 atom stereocenters. The Balaban J connectivity index is 1.98. The van der Waals surface area contributed by atoms with Gasteiger partial charge >= 0.3 is 0 Å².